The van der Waals surface area contributed by atoms with E-state index >= 15 is 0 Å². The Hall–Kier alpha value is -1.64. The fourth-order valence-corrected chi connectivity index (χ4v) is 6.16. The lowest BCUT2D eigenvalue weighted by atomic mass is 10.2. The van der Waals surface area contributed by atoms with Crippen LogP contribution in [0.15, 0.2) is 47.4 Å². The Morgan fingerprint density at radius 3 is 2.59 bits per heavy atom. The van der Waals surface area contributed by atoms with Gasteiger partial charge in [-0.15, -0.1) is 11.3 Å². The van der Waals surface area contributed by atoms with Crippen molar-refractivity contribution in [3.05, 3.63) is 63.1 Å². The fraction of sp³-hybridized carbons (Fsp3) is 0.250. The first-order valence-electron chi connectivity index (χ1n) is 9.05. The number of benzene rings is 2. The molecule has 0 atom stereocenters. The first kappa shape index (κ1) is 20.6. The summed E-state index contributed by atoms with van der Waals surface area (Å²) in [5.74, 6) is 0.816. The van der Waals surface area contributed by atoms with Crippen LogP contribution in [0.2, 0.25) is 10.0 Å². The minimum absolute atomic E-state index is 0.145. The number of halogens is 2. The Labute approximate surface area is 183 Å². The molecule has 1 aliphatic heterocycles. The summed E-state index contributed by atoms with van der Waals surface area (Å²) in [5, 5.41) is 1.43. The van der Waals surface area contributed by atoms with Crippen LogP contribution in [-0.2, 0) is 23.0 Å². The van der Waals surface area contributed by atoms with Crippen molar-refractivity contribution in [3.63, 3.8) is 0 Å². The Balaban J connectivity index is 1.58. The molecule has 9 heteroatoms. The van der Waals surface area contributed by atoms with Gasteiger partial charge in [0.2, 0.25) is 10.0 Å². The van der Waals surface area contributed by atoms with Crippen LogP contribution in [-0.4, -0.2) is 30.9 Å². The summed E-state index contributed by atoms with van der Waals surface area (Å²) >= 11 is 13.5. The summed E-state index contributed by atoms with van der Waals surface area (Å²) in [6, 6.07) is 12.2. The summed E-state index contributed by atoms with van der Waals surface area (Å²) in [6.07, 6.45) is 0.573. The van der Waals surface area contributed by atoms with E-state index < -0.39 is 10.0 Å². The monoisotopic (exact) mass is 468 g/mol. The van der Waals surface area contributed by atoms with E-state index in [9.17, 15) is 8.42 Å². The Morgan fingerprint density at radius 2 is 1.90 bits per heavy atom. The summed E-state index contributed by atoms with van der Waals surface area (Å²) < 4.78 is 33.0. The minimum Gasteiger partial charge on any atom is -0.494 e. The first-order chi connectivity index (χ1) is 13.9. The van der Waals surface area contributed by atoms with E-state index in [0.29, 0.717) is 31.1 Å². The van der Waals surface area contributed by atoms with Gasteiger partial charge in [-0.25, -0.2) is 13.4 Å². The van der Waals surface area contributed by atoms with Crippen molar-refractivity contribution >= 4 is 44.6 Å². The van der Waals surface area contributed by atoms with Gasteiger partial charge in [0.25, 0.3) is 0 Å². The normalized spacial score (nSPS) is 14.6. The molecule has 0 fully saturated rings. The Bertz CT molecular complexity index is 1150. The third-order valence-corrected chi connectivity index (χ3v) is 8.35. The second-order valence-electron chi connectivity index (χ2n) is 6.51. The van der Waals surface area contributed by atoms with Gasteiger partial charge in [-0.2, -0.15) is 4.31 Å². The third kappa shape index (κ3) is 4.15. The molecule has 0 N–H and O–H groups in total. The molecule has 5 nitrogen and oxygen atoms in total. The van der Waals surface area contributed by atoms with Crippen LogP contribution >= 0.6 is 34.5 Å². The number of hydrogen-bond donors (Lipinski definition) is 0. The van der Waals surface area contributed by atoms with Gasteiger partial charge in [0.1, 0.15) is 10.8 Å². The van der Waals surface area contributed by atoms with E-state index in [0.717, 1.165) is 26.9 Å². The number of sulfonamides is 1. The van der Waals surface area contributed by atoms with Crippen LogP contribution in [0.1, 0.15) is 17.5 Å². The number of thiazole rings is 1. The van der Waals surface area contributed by atoms with E-state index in [2.05, 4.69) is 0 Å². The average molecular weight is 469 g/mol. The van der Waals surface area contributed by atoms with Crippen LogP contribution < -0.4 is 4.74 Å². The second kappa shape index (κ2) is 8.24. The lowest BCUT2D eigenvalue weighted by molar-refractivity contribution is 0.340. The van der Waals surface area contributed by atoms with Gasteiger partial charge < -0.3 is 4.74 Å². The number of hydrogen-bond acceptors (Lipinski definition) is 5. The van der Waals surface area contributed by atoms with Crippen LogP contribution in [0, 0.1) is 0 Å². The van der Waals surface area contributed by atoms with Gasteiger partial charge >= 0.3 is 0 Å². The maximum Gasteiger partial charge on any atom is 0.243 e. The molecule has 0 amide bonds. The van der Waals surface area contributed by atoms with E-state index in [1.54, 1.807) is 0 Å². The van der Waals surface area contributed by atoms with Crippen molar-refractivity contribution < 1.29 is 13.2 Å². The van der Waals surface area contributed by atoms with E-state index in [-0.39, 0.29) is 9.92 Å². The van der Waals surface area contributed by atoms with Crippen molar-refractivity contribution in [1.82, 2.24) is 9.29 Å². The number of ether oxygens (including phenoxy) is 1. The zero-order valence-corrected chi connectivity index (χ0v) is 18.7. The molecule has 2 aromatic carbocycles. The lowest BCUT2D eigenvalue weighted by Gasteiger charge is -2.25. The van der Waals surface area contributed by atoms with E-state index in [4.69, 9.17) is 32.9 Å². The van der Waals surface area contributed by atoms with Crippen molar-refractivity contribution in [3.8, 4) is 16.3 Å². The molecule has 0 saturated heterocycles. The van der Waals surface area contributed by atoms with Crippen LogP contribution in [0.3, 0.4) is 0 Å². The molecular formula is C20H18Cl2N2O3S2. The Morgan fingerprint density at radius 1 is 1.14 bits per heavy atom. The quantitative estimate of drug-likeness (QED) is 0.511. The number of aromatic nitrogens is 1. The van der Waals surface area contributed by atoms with Gasteiger partial charge in [-0.05, 0) is 49.4 Å². The van der Waals surface area contributed by atoms with Crippen molar-refractivity contribution in [2.24, 2.45) is 0 Å². The van der Waals surface area contributed by atoms with Crippen LogP contribution in [0.25, 0.3) is 10.6 Å². The van der Waals surface area contributed by atoms with Crippen molar-refractivity contribution in [1.29, 1.82) is 0 Å². The highest BCUT2D eigenvalue weighted by Gasteiger charge is 2.31. The SMILES string of the molecule is CCOc1ccc(-c2nc3c(s2)CN(S(=O)(=O)c2ccc(Cl)c(Cl)c2)CC3)cc1. The predicted molar refractivity (Wildman–Crippen MR) is 116 cm³/mol. The molecule has 4 rings (SSSR count). The highest BCUT2D eigenvalue weighted by molar-refractivity contribution is 7.89. The van der Waals surface area contributed by atoms with Crippen LogP contribution in [0.4, 0.5) is 0 Å². The first-order valence-corrected chi connectivity index (χ1v) is 12.1. The van der Waals surface area contributed by atoms with Gasteiger partial charge in [0.15, 0.2) is 0 Å². The van der Waals surface area contributed by atoms with E-state index in [1.165, 1.54) is 33.8 Å². The second-order valence-corrected chi connectivity index (χ2v) is 10.3. The lowest BCUT2D eigenvalue weighted by Crippen LogP contribution is -2.35. The largest absolute Gasteiger partial charge is 0.494 e. The molecular weight excluding hydrogens is 451 g/mol. The third-order valence-electron chi connectivity index (χ3n) is 4.64. The molecule has 3 aromatic rings. The molecule has 1 aromatic heterocycles. The van der Waals surface area contributed by atoms with Crippen molar-refractivity contribution in [2.45, 2.75) is 24.8 Å². The predicted octanol–water partition coefficient (Wildman–Crippen LogP) is 5.26. The number of fused-ring (bicyclic) bond motifs is 1. The topological polar surface area (TPSA) is 59.5 Å². The summed E-state index contributed by atoms with van der Waals surface area (Å²) in [7, 11) is -3.66. The highest BCUT2D eigenvalue weighted by Crippen LogP contribution is 2.35. The Kier molecular flexibility index (Phi) is 5.86. The molecule has 0 radical (unpaired) electrons. The van der Waals surface area contributed by atoms with Gasteiger partial charge in [-0.3, -0.25) is 0 Å². The molecule has 29 heavy (non-hydrogen) atoms. The molecule has 0 aliphatic carbocycles. The number of rotatable bonds is 5. The average Bonchev–Trinajstić information content (AvgIpc) is 3.14. The van der Waals surface area contributed by atoms with Gasteiger partial charge in [0.05, 0.1) is 33.8 Å². The highest BCUT2D eigenvalue weighted by atomic mass is 35.5. The molecule has 0 spiro atoms. The van der Waals surface area contributed by atoms with Gasteiger partial charge in [-0.1, -0.05) is 23.2 Å². The maximum absolute atomic E-state index is 13.0. The standard InChI is InChI=1S/C20H18Cl2N2O3S2/c1-2-27-14-5-3-13(4-6-14)20-23-18-9-10-24(12-19(18)28-20)29(25,26)15-7-8-16(21)17(22)11-15/h3-8,11H,2,9-10,12H2,1H3. The molecule has 0 unspecified atom stereocenters. The summed E-state index contributed by atoms with van der Waals surface area (Å²) in [4.78, 5) is 5.84. The molecule has 1 aliphatic rings. The summed E-state index contributed by atoms with van der Waals surface area (Å²) in [5.41, 5.74) is 1.95. The van der Waals surface area contributed by atoms with E-state index in [1.807, 2.05) is 31.2 Å². The fourth-order valence-electron chi connectivity index (χ4n) is 3.15. The summed E-state index contributed by atoms with van der Waals surface area (Å²) in [6.45, 7) is 3.24. The molecule has 0 saturated carbocycles. The maximum atomic E-state index is 13.0. The zero-order chi connectivity index (χ0) is 20.6. The number of nitrogens with zero attached hydrogens (tertiary/aromatic N) is 2. The smallest absolute Gasteiger partial charge is 0.243 e. The zero-order valence-electron chi connectivity index (χ0n) is 15.6. The van der Waals surface area contributed by atoms with Gasteiger partial charge in [0, 0.05) is 23.4 Å². The molecule has 0 bridgehead atoms. The minimum atomic E-state index is -3.66. The van der Waals surface area contributed by atoms with Crippen LogP contribution in [0.5, 0.6) is 5.75 Å². The molecule has 152 valence electrons. The van der Waals surface area contributed by atoms with Crippen molar-refractivity contribution in [2.75, 3.05) is 13.2 Å². The molecule has 2 heterocycles.